The van der Waals surface area contributed by atoms with Gasteiger partial charge in [0.2, 0.25) is 0 Å². The summed E-state index contributed by atoms with van der Waals surface area (Å²) in [5.74, 6) is 4.68. The van der Waals surface area contributed by atoms with E-state index in [1.807, 2.05) is 35.5 Å². The molecule has 39 heavy (non-hydrogen) atoms. The number of nitrogens with one attached hydrogen (secondary N) is 2. The van der Waals surface area contributed by atoms with E-state index in [1.54, 1.807) is 38.1 Å². The lowest BCUT2D eigenvalue weighted by Gasteiger charge is -2.29. The van der Waals surface area contributed by atoms with Crippen LogP contribution in [0.3, 0.4) is 0 Å². The number of aliphatic hydroxyl groups excluding tert-OH is 2. The molecule has 9 nitrogen and oxygen atoms in total. The lowest BCUT2D eigenvalue weighted by Crippen LogP contribution is -2.50. The van der Waals surface area contributed by atoms with Crippen LogP contribution in [0.15, 0.2) is 54.7 Å². The molecular formula is C29H33ClN4O5. The summed E-state index contributed by atoms with van der Waals surface area (Å²) in [6.45, 7) is 4.78. The summed E-state index contributed by atoms with van der Waals surface area (Å²) in [4.78, 5) is 27.5. The van der Waals surface area contributed by atoms with E-state index in [9.17, 15) is 19.8 Å². The molecule has 2 amide bonds. The van der Waals surface area contributed by atoms with E-state index in [1.165, 1.54) is 4.90 Å². The SMILES string of the molecule is CC#CCOc1cc([C@@H](C)NC(=O)[C@H](O)[C@@H](O)C(=O)N2CCC[C@@H]2c2cccc(Cl)c2)ccc1N1C=CCN1. The summed E-state index contributed by atoms with van der Waals surface area (Å²) in [6, 6.07) is 11.9. The second kappa shape index (κ2) is 13.0. The fraction of sp³-hybridized carbons (Fsp3) is 0.379. The third-order valence-corrected chi connectivity index (χ3v) is 7.04. The summed E-state index contributed by atoms with van der Waals surface area (Å²) < 4.78 is 5.86. The molecule has 4 N–H and O–H groups in total. The first-order valence-corrected chi connectivity index (χ1v) is 13.3. The molecule has 4 rings (SSSR count). The van der Waals surface area contributed by atoms with Crippen LogP contribution in [0.2, 0.25) is 5.02 Å². The minimum Gasteiger partial charge on any atom is -0.479 e. The van der Waals surface area contributed by atoms with Gasteiger partial charge in [0.15, 0.2) is 12.2 Å². The van der Waals surface area contributed by atoms with E-state index < -0.39 is 30.1 Å². The zero-order valence-corrected chi connectivity index (χ0v) is 22.7. The van der Waals surface area contributed by atoms with Gasteiger partial charge in [-0.25, -0.2) is 5.43 Å². The Hall–Kier alpha value is -3.55. The second-order valence-electron chi connectivity index (χ2n) is 9.42. The Kier molecular flexibility index (Phi) is 9.49. The molecule has 2 aliphatic rings. The number of halogens is 1. The van der Waals surface area contributed by atoms with Crippen LogP contribution in [0.25, 0.3) is 0 Å². The van der Waals surface area contributed by atoms with Crippen molar-refractivity contribution in [1.82, 2.24) is 15.6 Å². The lowest BCUT2D eigenvalue weighted by atomic mass is 10.0. The average molecular weight is 553 g/mol. The standard InChI is InChI=1S/C29H33ClN4O5/c1-3-4-16-39-25-18-20(11-12-24(25)34-15-7-13-31-34)19(2)32-28(37)26(35)27(36)29(38)33-14-6-10-23(33)21-8-5-9-22(30)17-21/h5,7-9,11-12,15,17-19,23,26-27,31,35-36H,6,10,13-14,16H2,1-2H3,(H,32,37)/t19-,23-,26-,27-/m1/s1. The predicted octanol–water partition coefficient (Wildman–Crippen LogP) is 2.84. The van der Waals surface area contributed by atoms with Gasteiger partial charge in [-0.3, -0.25) is 14.6 Å². The van der Waals surface area contributed by atoms with E-state index in [-0.39, 0.29) is 12.6 Å². The number of rotatable bonds is 9. The Morgan fingerprint density at radius 1 is 1.23 bits per heavy atom. The van der Waals surface area contributed by atoms with Crippen molar-refractivity contribution in [2.45, 2.75) is 51.0 Å². The molecule has 0 unspecified atom stereocenters. The van der Waals surface area contributed by atoms with Crippen LogP contribution in [0, 0.1) is 11.8 Å². The van der Waals surface area contributed by atoms with Crippen LogP contribution >= 0.6 is 11.6 Å². The van der Waals surface area contributed by atoms with Gasteiger partial charge in [0, 0.05) is 24.3 Å². The highest BCUT2D eigenvalue weighted by Crippen LogP contribution is 2.34. The summed E-state index contributed by atoms with van der Waals surface area (Å²) in [5, 5.41) is 26.3. The Balaban J connectivity index is 1.42. The third kappa shape index (κ3) is 6.72. The fourth-order valence-corrected chi connectivity index (χ4v) is 4.95. The lowest BCUT2D eigenvalue weighted by molar-refractivity contribution is -0.154. The molecule has 0 spiro atoms. The van der Waals surface area contributed by atoms with Crippen molar-refractivity contribution in [3.05, 3.63) is 70.9 Å². The summed E-state index contributed by atoms with van der Waals surface area (Å²) in [5.41, 5.74) is 5.54. The topological polar surface area (TPSA) is 114 Å². The number of carbonyl (C=O) groups excluding carboxylic acids is 2. The van der Waals surface area contributed by atoms with Crippen molar-refractivity contribution in [2.24, 2.45) is 0 Å². The Labute approximate surface area is 233 Å². The van der Waals surface area contributed by atoms with Crippen LogP contribution in [0.4, 0.5) is 5.69 Å². The van der Waals surface area contributed by atoms with Crippen molar-refractivity contribution in [3.63, 3.8) is 0 Å². The maximum Gasteiger partial charge on any atom is 0.255 e. The van der Waals surface area contributed by atoms with Crippen molar-refractivity contribution >= 4 is 29.1 Å². The normalized spacial score (nSPS) is 18.7. The Bertz CT molecular complexity index is 1290. The number of nitrogens with zero attached hydrogens (tertiary/aromatic N) is 2. The van der Waals surface area contributed by atoms with Gasteiger partial charge >= 0.3 is 0 Å². The molecule has 1 saturated heterocycles. The molecule has 4 atom stereocenters. The van der Waals surface area contributed by atoms with Crippen LogP contribution in [-0.2, 0) is 9.59 Å². The zero-order chi connectivity index (χ0) is 27.9. The zero-order valence-electron chi connectivity index (χ0n) is 21.9. The molecule has 2 aliphatic heterocycles. The molecule has 2 aromatic carbocycles. The van der Waals surface area contributed by atoms with Gasteiger partial charge in [0.1, 0.15) is 12.4 Å². The number of ether oxygens (including phenoxy) is 1. The fourth-order valence-electron chi connectivity index (χ4n) is 4.75. The minimum atomic E-state index is -1.94. The highest BCUT2D eigenvalue weighted by Gasteiger charge is 2.38. The number of hydrogen-bond donors (Lipinski definition) is 4. The molecule has 0 radical (unpaired) electrons. The second-order valence-corrected chi connectivity index (χ2v) is 9.86. The average Bonchev–Trinajstić information content (AvgIpc) is 3.65. The van der Waals surface area contributed by atoms with E-state index in [0.29, 0.717) is 35.8 Å². The number of aliphatic hydroxyl groups is 2. The quantitative estimate of drug-likeness (QED) is 0.354. The molecule has 2 aromatic rings. The van der Waals surface area contributed by atoms with Crippen LogP contribution in [0.1, 0.15) is 49.9 Å². The number of benzene rings is 2. The highest BCUT2D eigenvalue weighted by molar-refractivity contribution is 6.30. The van der Waals surface area contributed by atoms with Crippen molar-refractivity contribution < 1.29 is 24.5 Å². The maximum atomic E-state index is 13.1. The van der Waals surface area contributed by atoms with Crippen LogP contribution in [-0.4, -0.2) is 58.8 Å². The first kappa shape index (κ1) is 28.5. The van der Waals surface area contributed by atoms with Crippen LogP contribution in [0.5, 0.6) is 5.75 Å². The Morgan fingerprint density at radius 3 is 2.77 bits per heavy atom. The van der Waals surface area contributed by atoms with Crippen molar-refractivity contribution in [2.75, 3.05) is 24.7 Å². The number of hydrogen-bond acceptors (Lipinski definition) is 7. The first-order valence-electron chi connectivity index (χ1n) is 12.9. The smallest absolute Gasteiger partial charge is 0.255 e. The molecular weight excluding hydrogens is 520 g/mol. The molecule has 206 valence electrons. The summed E-state index contributed by atoms with van der Waals surface area (Å²) >= 11 is 6.12. The molecule has 0 aliphatic carbocycles. The van der Waals surface area contributed by atoms with Gasteiger partial charge in [-0.2, -0.15) is 0 Å². The third-order valence-electron chi connectivity index (χ3n) is 6.80. The summed E-state index contributed by atoms with van der Waals surface area (Å²) in [7, 11) is 0. The Morgan fingerprint density at radius 2 is 2.05 bits per heavy atom. The molecule has 10 heteroatoms. The van der Waals surface area contributed by atoms with Crippen LogP contribution < -0.4 is 20.5 Å². The molecule has 1 fully saturated rings. The number of anilines is 1. The van der Waals surface area contributed by atoms with Gasteiger partial charge in [-0.1, -0.05) is 41.8 Å². The maximum absolute atomic E-state index is 13.1. The number of carbonyl (C=O) groups is 2. The van der Waals surface area contributed by atoms with Gasteiger partial charge < -0.3 is 25.2 Å². The van der Waals surface area contributed by atoms with Gasteiger partial charge in [0.05, 0.1) is 17.8 Å². The first-order chi connectivity index (χ1) is 18.8. The van der Waals surface area contributed by atoms with E-state index in [0.717, 1.165) is 17.7 Å². The predicted molar refractivity (Wildman–Crippen MR) is 149 cm³/mol. The van der Waals surface area contributed by atoms with E-state index in [4.69, 9.17) is 16.3 Å². The molecule has 0 bridgehead atoms. The largest absolute Gasteiger partial charge is 0.479 e. The van der Waals surface area contributed by atoms with Crippen molar-refractivity contribution in [1.29, 1.82) is 0 Å². The highest BCUT2D eigenvalue weighted by atomic mass is 35.5. The monoisotopic (exact) mass is 552 g/mol. The van der Waals surface area contributed by atoms with E-state index >= 15 is 0 Å². The van der Waals surface area contributed by atoms with E-state index in [2.05, 4.69) is 22.6 Å². The molecule has 0 saturated carbocycles. The molecule has 2 heterocycles. The van der Waals surface area contributed by atoms with Gasteiger partial charge in [0.25, 0.3) is 11.8 Å². The van der Waals surface area contributed by atoms with Gasteiger partial charge in [-0.05, 0) is 62.1 Å². The molecule has 0 aromatic heterocycles. The van der Waals surface area contributed by atoms with Crippen molar-refractivity contribution in [3.8, 4) is 17.6 Å². The summed E-state index contributed by atoms with van der Waals surface area (Å²) in [6.07, 6.45) is 1.46. The minimum absolute atomic E-state index is 0.199. The number of amides is 2. The number of likely N-dealkylation sites (tertiary alicyclic amines) is 1. The number of hydrazine groups is 1. The van der Waals surface area contributed by atoms with Gasteiger partial charge in [-0.15, -0.1) is 5.92 Å².